The molecule has 0 unspecified atom stereocenters. The molecule has 3 heterocycles. The van der Waals surface area contributed by atoms with Crippen LogP contribution >= 0.6 is 0 Å². The molecule has 4 heteroatoms. The minimum atomic E-state index is -0.168. The summed E-state index contributed by atoms with van der Waals surface area (Å²) < 4.78 is 5.81. The van der Waals surface area contributed by atoms with Gasteiger partial charge in [0, 0.05) is 28.9 Å². The Kier molecular flexibility index (Phi) is 3.06. The smallest absolute Gasteiger partial charge is 0.231 e. The first-order valence-electron chi connectivity index (χ1n) is 8.30. The van der Waals surface area contributed by atoms with E-state index < -0.39 is 0 Å². The van der Waals surface area contributed by atoms with Crippen molar-refractivity contribution in [3.05, 3.63) is 84.9 Å². The Hall–Kier alpha value is -3.66. The Bertz CT molecular complexity index is 1190. The number of nitrogens with zero attached hydrogens (tertiary/aromatic N) is 1. The van der Waals surface area contributed by atoms with Crippen molar-refractivity contribution in [1.82, 2.24) is 9.97 Å². The van der Waals surface area contributed by atoms with Gasteiger partial charge in [0.2, 0.25) is 5.78 Å². The second-order valence-electron chi connectivity index (χ2n) is 6.19. The predicted molar refractivity (Wildman–Crippen MR) is 101 cm³/mol. The first-order chi connectivity index (χ1) is 12.7. The molecule has 0 spiro atoms. The van der Waals surface area contributed by atoms with Gasteiger partial charge in [-0.15, -0.1) is 0 Å². The third-order valence-electron chi connectivity index (χ3n) is 4.69. The van der Waals surface area contributed by atoms with Crippen LogP contribution in [0.4, 0.5) is 0 Å². The van der Waals surface area contributed by atoms with Crippen LogP contribution in [0.1, 0.15) is 10.4 Å². The average Bonchev–Trinajstić information content (AvgIpc) is 3.23. The van der Waals surface area contributed by atoms with E-state index in [9.17, 15) is 4.79 Å². The first kappa shape index (κ1) is 14.7. The molecular weight excluding hydrogens is 324 g/mol. The van der Waals surface area contributed by atoms with Gasteiger partial charge in [-0.1, -0.05) is 43.0 Å². The van der Waals surface area contributed by atoms with E-state index in [0.29, 0.717) is 11.3 Å². The lowest BCUT2D eigenvalue weighted by Crippen LogP contribution is -1.94. The lowest BCUT2D eigenvalue weighted by atomic mass is 9.91. The first-order valence-corrected chi connectivity index (χ1v) is 8.30. The molecule has 0 saturated carbocycles. The van der Waals surface area contributed by atoms with Gasteiger partial charge in [0.1, 0.15) is 11.4 Å². The molecule has 26 heavy (non-hydrogen) atoms. The van der Waals surface area contributed by atoms with Gasteiger partial charge in [0.25, 0.3) is 0 Å². The number of aromatic amines is 1. The Balaban J connectivity index is 1.88. The van der Waals surface area contributed by atoms with E-state index in [-0.39, 0.29) is 11.5 Å². The molecule has 0 bridgehead atoms. The van der Waals surface area contributed by atoms with Crippen molar-refractivity contribution in [2.24, 2.45) is 0 Å². The van der Waals surface area contributed by atoms with Crippen molar-refractivity contribution in [3.8, 4) is 28.0 Å². The van der Waals surface area contributed by atoms with E-state index in [4.69, 9.17) is 4.74 Å². The molecule has 0 fully saturated rings. The van der Waals surface area contributed by atoms with Crippen LogP contribution in [0.5, 0.6) is 5.75 Å². The number of ether oxygens (including phenoxy) is 1. The molecule has 1 aliphatic rings. The van der Waals surface area contributed by atoms with Gasteiger partial charge in [-0.3, -0.25) is 4.79 Å². The highest BCUT2D eigenvalue weighted by Crippen LogP contribution is 2.47. The summed E-state index contributed by atoms with van der Waals surface area (Å²) in [6, 6.07) is 17.8. The zero-order valence-corrected chi connectivity index (χ0v) is 13.8. The highest BCUT2D eigenvalue weighted by molar-refractivity contribution is 6.15. The zero-order chi connectivity index (χ0) is 17.7. The number of aromatic nitrogens is 2. The molecule has 2 aromatic carbocycles. The van der Waals surface area contributed by atoms with E-state index in [0.717, 1.165) is 33.3 Å². The summed E-state index contributed by atoms with van der Waals surface area (Å²) in [5.41, 5.74) is 5.21. The standard InChI is InChI=1S/C22H14N2O2/c1-13-20(25)17-10-9-15(14-6-3-2-4-7-14)19(21(17)26-13)18-12-24-22-16(18)8-5-11-23-22/h2-12H,1H2,(H,23,24). The Morgan fingerprint density at radius 1 is 0.923 bits per heavy atom. The molecule has 0 amide bonds. The number of benzene rings is 2. The third-order valence-corrected chi connectivity index (χ3v) is 4.69. The van der Waals surface area contributed by atoms with E-state index >= 15 is 0 Å². The monoisotopic (exact) mass is 338 g/mol. The molecule has 1 aliphatic heterocycles. The number of nitrogens with one attached hydrogen (secondary N) is 1. The quantitative estimate of drug-likeness (QED) is 0.524. The number of carbonyl (C=O) groups excluding carboxylic acids is 1. The SMILES string of the molecule is C=C1Oc2c(ccc(-c3ccccc3)c2-c2c[nH]c3ncccc23)C1=O. The van der Waals surface area contributed by atoms with Crippen molar-refractivity contribution in [3.63, 3.8) is 0 Å². The number of pyridine rings is 1. The molecule has 0 aliphatic carbocycles. The van der Waals surface area contributed by atoms with Crippen molar-refractivity contribution in [2.75, 3.05) is 0 Å². The number of fused-ring (bicyclic) bond motifs is 2. The summed E-state index contributed by atoms with van der Waals surface area (Å²) in [5.74, 6) is 0.550. The second-order valence-corrected chi connectivity index (χ2v) is 6.19. The fourth-order valence-electron chi connectivity index (χ4n) is 3.48. The maximum absolute atomic E-state index is 12.4. The zero-order valence-electron chi connectivity index (χ0n) is 13.8. The van der Waals surface area contributed by atoms with Gasteiger partial charge in [-0.2, -0.15) is 0 Å². The maximum atomic E-state index is 12.4. The fourth-order valence-corrected chi connectivity index (χ4v) is 3.48. The van der Waals surface area contributed by atoms with Gasteiger partial charge in [0.05, 0.1) is 5.56 Å². The van der Waals surface area contributed by atoms with Crippen molar-refractivity contribution >= 4 is 16.8 Å². The van der Waals surface area contributed by atoms with Crippen LogP contribution in [-0.4, -0.2) is 15.8 Å². The van der Waals surface area contributed by atoms with Gasteiger partial charge >= 0.3 is 0 Å². The molecule has 4 nitrogen and oxygen atoms in total. The number of H-pyrrole nitrogens is 1. The number of hydrogen-bond donors (Lipinski definition) is 1. The molecule has 4 aromatic rings. The van der Waals surface area contributed by atoms with Crippen LogP contribution in [0.2, 0.25) is 0 Å². The summed E-state index contributed by atoms with van der Waals surface area (Å²) in [7, 11) is 0. The largest absolute Gasteiger partial charge is 0.452 e. The Morgan fingerprint density at radius 2 is 1.73 bits per heavy atom. The summed E-state index contributed by atoms with van der Waals surface area (Å²) in [6.45, 7) is 3.75. The van der Waals surface area contributed by atoms with Crippen molar-refractivity contribution in [2.45, 2.75) is 0 Å². The molecule has 0 saturated heterocycles. The van der Waals surface area contributed by atoms with Gasteiger partial charge in [-0.05, 0) is 29.3 Å². The lowest BCUT2D eigenvalue weighted by Gasteiger charge is -2.13. The Labute approximate surface area is 149 Å². The van der Waals surface area contributed by atoms with Crippen LogP contribution in [0, 0.1) is 0 Å². The summed E-state index contributed by atoms with van der Waals surface area (Å²) in [5, 5.41) is 0.978. The van der Waals surface area contributed by atoms with E-state index in [1.807, 2.05) is 60.8 Å². The summed E-state index contributed by atoms with van der Waals surface area (Å²) in [4.78, 5) is 20.0. The average molecular weight is 338 g/mol. The molecule has 5 rings (SSSR count). The van der Waals surface area contributed by atoms with E-state index in [1.54, 1.807) is 6.20 Å². The topological polar surface area (TPSA) is 55.0 Å². The van der Waals surface area contributed by atoms with E-state index in [1.165, 1.54) is 0 Å². The highest BCUT2D eigenvalue weighted by Gasteiger charge is 2.31. The molecule has 2 aromatic heterocycles. The third kappa shape index (κ3) is 2.02. The summed E-state index contributed by atoms with van der Waals surface area (Å²) in [6.07, 6.45) is 3.66. The number of hydrogen-bond acceptors (Lipinski definition) is 3. The molecule has 0 radical (unpaired) electrons. The number of ketones is 1. The van der Waals surface area contributed by atoms with Gasteiger partial charge in [-0.25, -0.2) is 4.98 Å². The molecular formula is C22H14N2O2. The highest BCUT2D eigenvalue weighted by atomic mass is 16.5. The Morgan fingerprint density at radius 3 is 2.58 bits per heavy atom. The molecule has 0 atom stereocenters. The molecule has 124 valence electrons. The predicted octanol–water partition coefficient (Wildman–Crippen LogP) is 4.99. The van der Waals surface area contributed by atoms with Gasteiger partial charge in [0.15, 0.2) is 5.76 Å². The van der Waals surface area contributed by atoms with Gasteiger partial charge < -0.3 is 9.72 Å². The minimum absolute atomic E-state index is 0.157. The van der Waals surface area contributed by atoms with Crippen LogP contribution < -0.4 is 4.74 Å². The van der Waals surface area contributed by atoms with Crippen LogP contribution in [0.3, 0.4) is 0 Å². The van der Waals surface area contributed by atoms with Crippen LogP contribution in [0.25, 0.3) is 33.3 Å². The minimum Gasteiger partial charge on any atom is -0.452 e. The van der Waals surface area contributed by atoms with Crippen molar-refractivity contribution in [1.29, 1.82) is 0 Å². The van der Waals surface area contributed by atoms with E-state index in [2.05, 4.69) is 16.5 Å². The number of carbonyl (C=O) groups is 1. The summed E-state index contributed by atoms with van der Waals surface area (Å²) >= 11 is 0. The van der Waals surface area contributed by atoms with Crippen LogP contribution in [0.15, 0.2) is 79.3 Å². The normalized spacial score (nSPS) is 13.1. The van der Waals surface area contributed by atoms with Crippen molar-refractivity contribution < 1.29 is 9.53 Å². The second kappa shape index (κ2) is 5.43. The molecule has 1 N–H and O–H groups in total. The number of Topliss-reactive ketones (excluding diaryl/α,β-unsaturated/α-hetero) is 1. The number of allylic oxidation sites excluding steroid dienone is 1. The maximum Gasteiger partial charge on any atom is 0.231 e. The lowest BCUT2D eigenvalue weighted by molar-refractivity contribution is 0.101. The van der Waals surface area contributed by atoms with Crippen LogP contribution in [-0.2, 0) is 0 Å². The fraction of sp³-hybridized carbons (Fsp3) is 0. The number of rotatable bonds is 2.